The largest absolute Gasteiger partial charge is 0.387 e. The van der Waals surface area contributed by atoms with Gasteiger partial charge >= 0.3 is 0 Å². The molecule has 0 aliphatic carbocycles. The average Bonchev–Trinajstić information content (AvgIpc) is 2.45. The van der Waals surface area contributed by atoms with E-state index in [0.29, 0.717) is 10.0 Å². The molecule has 0 saturated carbocycles. The molecule has 20 heavy (non-hydrogen) atoms. The van der Waals surface area contributed by atoms with Gasteiger partial charge in [0.15, 0.2) is 0 Å². The number of rotatable bonds is 4. The Balaban J connectivity index is 1.99. The van der Waals surface area contributed by atoms with Crippen molar-refractivity contribution >= 4 is 21.8 Å². The highest BCUT2D eigenvalue weighted by Crippen LogP contribution is 2.18. The molecule has 2 N–H and O–H groups in total. The van der Waals surface area contributed by atoms with Crippen LogP contribution in [0.3, 0.4) is 0 Å². The second-order valence-corrected chi connectivity index (χ2v) is 5.12. The zero-order valence-corrected chi connectivity index (χ0v) is 12.1. The van der Waals surface area contributed by atoms with E-state index in [0.717, 1.165) is 5.56 Å². The summed E-state index contributed by atoms with van der Waals surface area (Å²) in [4.78, 5) is 11.9. The molecule has 5 heteroatoms. The van der Waals surface area contributed by atoms with Crippen LogP contribution in [0.2, 0.25) is 0 Å². The second kappa shape index (κ2) is 6.63. The Hall–Kier alpha value is -1.72. The molecular formula is C15H13BrFNO2. The summed E-state index contributed by atoms with van der Waals surface area (Å²) in [6.07, 6.45) is -0.778. The van der Waals surface area contributed by atoms with Gasteiger partial charge in [-0.25, -0.2) is 4.39 Å². The van der Waals surface area contributed by atoms with Gasteiger partial charge in [-0.2, -0.15) is 0 Å². The summed E-state index contributed by atoms with van der Waals surface area (Å²) in [5.41, 5.74) is 1.05. The molecule has 0 bridgehead atoms. The lowest BCUT2D eigenvalue weighted by Gasteiger charge is -2.12. The van der Waals surface area contributed by atoms with Gasteiger partial charge in [-0.15, -0.1) is 0 Å². The maximum atomic E-state index is 12.9. The van der Waals surface area contributed by atoms with Crippen LogP contribution in [0.5, 0.6) is 0 Å². The number of carbonyl (C=O) groups is 1. The highest BCUT2D eigenvalue weighted by molar-refractivity contribution is 9.10. The van der Waals surface area contributed by atoms with Crippen molar-refractivity contribution in [2.24, 2.45) is 0 Å². The molecule has 1 amide bonds. The number of halogens is 2. The first kappa shape index (κ1) is 14.7. The van der Waals surface area contributed by atoms with E-state index >= 15 is 0 Å². The van der Waals surface area contributed by atoms with Gasteiger partial charge in [0.2, 0.25) is 0 Å². The van der Waals surface area contributed by atoms with Crippen LogP contribution in [0, 0.1) is 5.82 Å². The Labute approximate surface area is 124 Å². The molecule has 0 saturated heterocycles. The van der Waals surface area contributed by atoms with Crippen LogP contribution in [0.1, 0.15) is 22.0 Å². The summed E-state index contributed by atoms with van der Waals surface area (Å²) in [6.45, 7) is 0.0899. The molecule has 2 rings (SSSR count). The lowest BCUT2D eigenvalue weighted by atomic mass is 10.1. The Morgan fingerprint density at radius 1 is 1.25 bits per heavy atom. The highest BCUT2D eigenvalue weighted by atomic mass is 79.9. The number of carbonyl (C=O) groups excluding carboxylic acids is 1. The van der Waals surface area contributed by atoms with E-state index in [4.69, 9.17) is 0 Å². The Kier molecular flexibility index (Phi) is 4.87. The number of benzene rings is 2. The molecule has 0 fully saturated rings. The fourth-order valence-electron chi connectivity index (χ4n) is 1.75. The van der Waals surface area contributed by atoms with E-state index in [9.17, 15) is 14.3 Å². The number of amides is 1. The zero-order valence-electron chi connectivity index (χ0n) is 10.5. The summed E-state index contributed by atoms with van der Waals surface area (Å²) in [5.74, 6) is -0.787. The van der Waals surface area contributed by atoms with Crippen molar-refractivity contribution in [3.63, 3.8) is 0 Å². The number of hydrogen-bond donors (Lipinski definition) is 2. The van der Waals surface area contributed by atoms with Crippen molar-refractivity contribution in [2.75, 3.05) is 6.54 Å². The predicted octanol–water partition coefficient (Wildman–Crippen LogP) is 3.05. The average molecular weight is 338 g/mol. The fourth-order valence-corrected chi connectivity index (χ4v) is 2.28. The standard InChI is InChI=1S/C15H13BrFNO2/c16-13-8-11(17)6-7-12(13)15(20)18-9-14(19)10-4-2-1-3-5-10/h1-8,14,19H,9H2,(H,18,20). The molecule has 1 unspecified atom stereocenters. The SMILES string of the molecule is O=C(NCC(O)c1ccccc1)c1ccc(F)cc1Br. The summed E-state index contributed by atoms with van der Waals surface area (Å²) in [5, 5.41) is 12.6. The van der Waals surface area contributed by atoms with Gasteiger partial charge in [0, 0.05) is 11.0 Å². The van der Waals surface area contributed by atoms with Gasteiger partial charge in [0.25, 0.3) is 5.91 Å². The minimum absolute atomic E-state index is 0.0899. The maximum Gasteiger partial charge on any atom is 0.252 e. The van der Waals surface area contributed by atoms with E-state index in [1.54, 1.807) is 12.1 Å². The van der Waals surface area contributed by atoms with Crippen molar-refractivity contribution in [3.05, 3.63) is 69.9 Å². The quantitative estimate of drug-likeness (QED) is 0.900. The van der Waals surface area contributed by atoms with Crippen molar-refractivity contribution in [1.82, 2.24) is 5.32 Å². The van der Waals surface area contributed by atoms with Crippen LogP contribution in [0.25, 0.3) is 0 Å². The van der Waals surface area contributed by atoms with Gasteiger partial charge in [-0.1, -0.05) is 30.3 Å². The number of nitrogens with one attached hydrogen (secondary N) is 1. The minimum Gasteiger partial charge on any atom is -0.387 e. The smallest absolute Gasteiger partial charge is 0.252 e. The summed E-state index contributed by atoms with van der Waals surface area (Å²) in [7, 11) is 0. The third-order valence-corrected chi connectivity index (χ3v) is 3.47. The first-order chi connectivity index (χ1) is 9.58. The molecule has 0 aliphatic heterocycles. The first-order valence-corrected chi connectivity index (χ1v) is 6.83. The fraction of sp³-hybridized carbons (Fsp3) is 0.133. The summed E-state index contributed by atoms with van der Waals surface area (Å²) >= 11 is 3.14. The van der Waals surface area contributed by atoms with E-state index in [1.165, 1.54) is 18.2 Å². The van der Waals surface area contributed by atoms with Gasteiger partial charge in [-0.05, 0) is 39.7 Å². The predicted molar refractivity (Wildman–Crippen MR) is 77.8 cm³/mol. The van der Waals surface area contributed by atoms with Gasteiger partial charge in [0.05, 0.1) is 11.7 Å². The normalized spacial score (nSPS) is 11.9. The van der Waals surface area contributed by atoms with Crippen LogP contribution in [-0.4, -0.2) is 17.6 Å². The monoisotopic (exact) mass is 337 g/mol. The molecule has 1 atom stereocenters. The van der Waals surface area contributed by atoms with Gasteiger partial charge in [0.1, 0.15) is 5.82 Å². The van der Waals surface area contributed by atoms with Crippen molar-refractivity contribution in [2.45, 2.75) is 6.10 Å². The van der Waals surface area contributed by atoms with E-state index in [1.807, 2.05) is 18.2 Å². The van der Waals surface area contributed by atoms with E-state index in [2.05, 4.69) is 21.2 Å². The van der Waals surface area contributed by atoms with E-state index < -0.39 is 11.9 Å². The van der Waals surface area contributed by atoms with E-state index in [-0.39, 0.29) is 12.5 Å². The highest BCUT2D eigenvalue weighted by Gasteiger charge is 2.13. The summed E-state index contributed by atoms with van der Waals surface area (Å²) in [6, 6.07) is 12.9. The van der Waals surface area contributed by atoms with Crippen LogP contribution < -0.4 is 5.32 Å². The summed E-state index contributed by atoms with van der Waals surface area (Å²) < 4.78 is 13.3. The molecule has 0 heterocycles. The molecule has 2 aromatic carbocycles. The second-order valence-electron chi connectivity index (χ2n) is 4.26. The Morgan fingerprint density at radius 3 is 2.60 bits per heavy atom. The van der Waals surface area contributed by atoms with Gasteiger partial charge < -0.3 is 10.4 Å². The number of aliphatic hydroxyl groups excluding tert-OH is 1. The molecule has 0 aromatic heterocycles. The minimum atomic E-state index is -0.778. The Bertz CT molecular complexity index is 604. The van der Waals surface area contributed by atoms with Gasteiger partial charge in [-0.3, -0.25) is 4.79 Å². The zero-order chi connectivity index (χ0) is 14.5. The van der Waals surface area contributed by atoms with Crippen molar-refractivity contribution in [1.29, 1.82) is 0 Å². The van der Waals surface area contributed by atoms with Crippen molar-refractivity contribution < 1.29 is 14.3 Å². The molecule has 3 nitrogen and oxygen atoms in total. The topological polar surface area (TPSA) is 49.3 Å². The molecule has 0 aliphatic rings. The third kappa shape index (κ3) is 3.65. The van der Waals surface area contributed by atoms with Crippen LogP contribution in [0.15, 0.2) is 53.0 Å². The lowest BCUT2D eigenvalue weighted by molar-refractivity contribution is 0.0915. The molecule has 104 valence electrons. The van der Waals surface area contributed by atoms with Crippen LogP contribution in [0.4, 0.5) is 4.39 Å². The molecular weight excluding hydrogens is 325 g/mol. The van der Waals surface area contributed by atoms with Crippen molar-refractivity contribution in [3.8, 4) is 0 Å². The molecule has 0 spiro atoms. The van der Waals surface area contributed by atoms with Crippen LogP contribution in [-0.2, 0) is 0 Å². The lowest BCUT2D eigenvalue weighted by Crippen LogP contribution is -2.28. The third-order valence-electron chi connectivity index (χ3n) is 2.82. The van der Waals surface area contributed by atoms with Crippen LogP contribution >= 0.6 is 15.9 Å². The maximum absolute atomic E-state index is 12.9. The molecule has 0 radical (unpaired) electrons. The number of aliphatic hydroxyl groups is 1. The first-order valence-electron chi connectivity index (χ1n) is 6.04. The molecule has 2 aromatic rings. The Morgan fingerprint density at radius 2 is 1.95 bits per heavy atom. The number of hydrogen-bond acceptors (Lipinski definition) is 2.